The van der Waals surface area contributed by atoms with E-state index in [1.165, 1.54) is 11.1 Å². The Morgan fingerprint density at radius 1 is 1.20 bits per heavy atom. The van der Waals surface area contributed by atoms with Crippen LogP contribution in [0.15, 0.2) is 12.1 Å². The summed E-state index contributed by atoms with van der Waals surface area (Å²) >= 11 is 0. The van der Waals surface area contributed by atoms with E-state index in [9.17, 15) is 4.79 Å². The van der Waals surface area contributed by atoms with Crippen molar-refractivity contribution in [3.05, 3.63) is 23.3 Å². The summed E-state index contributed by atoms with van der Waals surface area (Å²) in [6.45, 7) is 3.65. The summed E-state index contributed by atoms with van der Waals surface area (Å²) in [5.41, 5.74) is 2.44. The zero-order valence-corrected chi connectivity index (χ0v) is 12.3. The molecule has 1 fully saturated rings. The van der Waals surface area contributed by atoms with Crippen molar-refractivity contribution in [2.75, 3.05) is 20.8 Å². The summed E-state index contributed by atoms with van der Waals surface area (Å²) in [6.07, 6.45) is 1.94. The third-order valence-electron chi connectivity index (χ3n) is 4.46. The molecule has 4 heteroatoms. The fourth-order valence-electron chi connectivity index (χ4n) is 2.97. The molecule has 1 heterocycles. The molecule has 0 aromatic heterocycles. The SMILES string of the molecule is COc1cc2c(cc1OC)CN(C(=O)[C@H]1C[C@@H]1C)CC2. The maximum absolute atomic E-state index is 12.3. The molecule has 1 aliphatic heterocycles. The van der Waals surface area contributed by atoms with E-state index >= 15 is 0 Å². The smallest absolute Gasteiger partial charge is 0.226 e. The number of methoxy groups -OCH3 is 2. The van der Waals surface area contributed by atoms with Crippen LogP contribution in [-0.4, -0.2) is 31.6 Å². The van der Waals surface area contributed by atoms with E-state index in [1.807, 2.05) is 17.0 Å². The first-order valence-electron chi connectivity index (χ1n) is 7.16. The molecule has 4 nitrogen and oxygen atoms in total. The molecule has 0 radical (unpaired) electrons. The number of carbonyl (C=O) groups is 1. The number of benzene rings is 1. The van der Waals surface area contributed by atoms with Crippen molar-refractivity contribution in [2.24, 2.45) is 11.8 Å². The van der Waals surface area contributed by atoms with Crippen molar-refractivity contribution in [2.45, 2.75) is 26.3 Å². The molecular weight excluding hydrogens is 254 g/mol. The van der Waals surface area contributed by atoms with Gasteiger partial charge in [0.1, 0.15) is 0 Å². The van der Waals surface area contributed by atoms with Crippen molar-refractivity contribution in [3.63, 3.8) is 0 Å². The molecule has 1 aromatic carbocycles. The minimum absolute atomic E-state index is 0.261. The van der Waals surface area contributed by atoms with Gasteiger partial charge in [0.05, 0.1) is 14.2 Å². The Kier molecular flexibility index (Phi) is 3.32. The van der Waals surface area contributed by atoms with Crippen LogP contribution < -0.4 is 9.47 Å². The van der Waals surface area contributed by atoms with Crippen LogP contribution in [0.25, 0.3) is 0 Å². The average molecular weight is 275 g/mol. The van der Waals surface area contributed by atoms with Crippen molar-refractivity contribution in [1.29, 1.82) is 0 Å². The second-order valence-corrected chi connectivity index (χ2v) is 5.81. The molecule has 0 spiro atoms. The maximum atomic E-state index is 12.3. The van der Waals surface area contributed by atoms with E-state index in [1.54, 1.807) is 14.2 Å². The van der Waals surface area contributed by atoms with E-state index < -0.39 is 0 Å². The van der Waals surface area contributed by atoms with E-state index in [4.69, 9.17) is 9.47 Å². The number of fused-ring (bicyclic) bond motifs is 1. The summed E-state index contributed by atoms with van der Waals surface area (Å²) in [6, 6.07) is 4.04. The van der Waals surface area contributed by atoms with Gasteiger partial charge < -0.3 is 14.4 Å². The minimum atomic E-state index is 0.261. The fraction of sp³-hybridized carbons (Fsp3) is 0.562. The van der Waals surface area contributed by atoms with Crippen molar-refractivity contribution in [1.82, 2.24) is 4.90 Å². The monoisotopic (exact) mass is 275 g/mol. The van der Waals surface area contributed by atoms with Crippen molar-refractivity contribution in [3.8, 4) is 11.5 Å². The average Bonchev–Trinajstić information content (AvgIpc) is 3.21. The Morgan fingerprint density at radius 2 is 1.80 bits per heavy atom. The summed E-state index contributed by atoms with van der Waals surface area (Å²) < 4.78 is 10.7. The lowest BCUT2D eigenvalue weighted by atomic mass is 9.98. The molecule has 0 saturated heterocycles. The second-order valence-electron chi connectivity index (χ2n) is 5.81. The highest BCUT2D eigenvalue weighted by Gasteiger charge is 2.42. The maximum Gasteiger partial charge on any atom is 0.226 e. The van der Waals surface area contributed by atoms with Gasteiger partial charge in [-0.15, -0.1) is 0 Å². The Balaban J connectivity index is 1.82. The van der Waals surface area contributed by atoms with Gasteiger partial charge >= 0.3 is 0 Å². The molecule has 20 heavy (non-hydrogen) atoms. The van der Waals surface area contributed by atoms with Crippen LogP contribution in [-0.2, 0) is 17.8 Å². The van der Waals surface area contributed by atoms with E-state index in [-0.39, 0.29) is 5.92 Å². The fourth-order valence-corrected chi connectivity index (χ4v) is 2.97. The molecule has 0 bridgehead atoms. The van der Waals surface area contributed by atoms with Gasteiger partial charge in [-0.3, -0.25) is 4.79 Å². The highest BCUT2D eigenvalue weighted by molar-refractivity contribution is 5.82. The number of amides is 1. The van der Waals surface area contributed by atoms with Crippen molar-refractivity contribution >= 4 is 5.91 Å². The molecule has 1 amide bonds. The topological polar surface area (TPSA) is 38.8 Å². The molecule has 1 aliphatic carbocycles. The lowest BCUT2D eigenvalue weighted by molar-refractivity contribution is -0.133. The summed E-state index contributed by atoms with van der Waals surface area (Å²) in [4.78, 5) is 14.3. The molecule has 2 atom stereocenters. The molecule has 108 valence electrons. The van der Waals surface area contributed by atoms with E-state index in [2.05, 4.69) is 6.92 Å². The number of carbonyl (C=O) groups excluding carboxylic acids is 1. The van der Waals surface area contributed by atoms with Crippen LogP contribution in [0.5, 0.6) is 11.5 Å². The molecule has 2 aliphatic rings. The molecule has 1 saturated carbocycles. The van der Waals surface area contributed by atoms with Gasteiger partial charge in [0.15, 0.2) is 11.5 Å². The van der Waals surface area contributed by atoms with Crippen LogP contribution in [0.4, 0.5) is 0 Å². The number of ether oxygens (including phenoxy) is 2. The van der Waals surface area contributed by atoms with Gasteiger partial charge in [-0.25, -0.2) is 0 Å². The Hall–Kier alpha value is -1.71. The molecule has 1 aromatic rings. The molecule has 0 N–H and O–H groups in total. The minimum Gasteiger partial charge on any atom is -0.493 e. The first kappa shape index (κ1) is 13.3. The number of hydrogen-bond acceptors (Lipinski definition) is 3. The predicted octanol–water partition coefficient (Wildman–Crippen LogP) is 2.24. The normalized spacial score (nSPS) is 24.1. The summed E-state index contributed by atoms with van der Waals surface area (Å²) in [5.74, 6) is 2.64. The molecule has 0 unspecified atom stereocenters. The van der Waals surface area contributed by atoms with Gasteiger partial charge in [0.2, 0.25) is 5.91 Å². The first-order chi connectivity index (χ1) is 9.63. The standard InChI is InChI=1S/C16H21NO3/c1-10-6-13(10)16(18)17-5-4-11-7-14(19-2)15(20-3)8-12(11)9-17/h7-8,10,13H,4-6,9H2,1-3H3/t10-,13-/m0/s1. The summed E-state index contributed by atoms with van der Waals surface area (Å²) in [7, 11) is 3.29. The van der Waals surface area contributed by atoms with Crippen LogP contribution in [0.1, 0.15) is 24.5 Å². The zero-order chi connectivity index (χ0) is 14.3. The Bertz CT molecular complexity index is 541. The Morgan fingerprint density at radius 3 is 2.35 bits per heavy atom. The largest absolute Gasteiger partial charge is 0.493 e. The third kappa shape index (κ3) is 2.23. The molecular formula is C16H21NO3. The van der Waals surface area contributed by atoms with Crippen molar-refractivity contribution < 1.29 is 14.3 Å². The van der Waals surface area contributed by atoms with Crippen LogP contribution in [0, 0.1) is 11.8 Å². The zero-order valence-electron chi connectivity index (χ0n) is 12.3. The lowest BCUT2D eigenvalue weighted by Gasteiger charge is -2.30. The summed E-state index contributed by atoms with van der Waals surface area (Å²) in [5, 5.41) is 0. The highest BCUT2D eigenvalue weighted by Crippen LogP contribution is 2.40. The number of rotatable bonds is 3. The Labute approximate surface area is 119 Å². The van der Waals surface area contributed by atoms with Crippen LogP contribution in [0.2, 0.25) is 0 Å². The van der Waals surface area contributed by atoms with Gasteiger partial charge in [-0.1, -0.05) is 6.92 Å². The second kappa shape index (κ2) is 5.00. The van der Waals surface area contributed by atoms with E-state index in [0.29, 0.717) is 18.4 Å². The third-order valence-corrected chi connectivity index (χ3v) is 4.46. The number of nitrogens with zero attached hydrogens (tertiary/aromatic N) is 1. The van der Waals surface area contributed by atoms with Gasteiger partial charge in [0.25, 0.3) is 0 Å². The van der Waals surface area contributed by atoms with E-state index in [0.717, 1.165) is 30.9 Å². The van der Waals surface area contributed by atoms with Gasteiger partial charge in [-0.05, 0) is 42.0 Å². The quantitative estimate of drug-likeness (QED) is 0.849. The predicted molar refractivity (Wildman–Crippen MR) is 75.9 cm³/mol. The molecule has 3 rings (SSSR count). The number of hydrogen-bond donors (Lipinski definition) is 0. The van der Waals surface area contributed by atoms with Crippen LogP contribution in [0.3, 0.4) is 0 Å². The van der Waals surface area contributed by atoms with Gasteiger partial charge in [0, 0.05) is 19.0 Å². The first-order valence-corrected chi connectivity index (χ1v) is 7.16. The van der Waals surface area contributed by atoms with Crippen LogP contribution >= 0.6 is 0 Å². The highest BCUT2D eigenvalue weighted by atomic mass is 16.5. The lowest BCUT2D eigenvalue weighted by Crippen LogP contribution is -2.37. The van der Waals surface area contributed by atoms with Gasteiger partial charge in [-0.2, -0.15) is 0 Å².